The summed E-state index contributed by atoms with van der Waals surface area (Å²) in [5.41, 5.74) is 0. The molecular formula is C10H24. The molecule has 64 valence electrons. The highest BCUT2D eigenvalue weighted by molar-refractivity contribution is 4.38. The maximum Gasteiger partial charge on any atom is -0.0471 e. The van der Waals surface area contributed by atoms with Crippen LogP contribution in [0, 0.1) is 11.8 Å². The minimum atomic E-state index is 0.833. The van der Waals surface area contributed by atoms with Gasteiger partial charge in [-0.2, -0.15) is 0 Å². The Kier molecular flexibility index (Phi) is 11.4. The van der Waals surface area contributed by atoms with Crippen LogP contribution in [0.2, 0.25) is 0 Å². The lowest BCUT2D eigenvalue weighted by atomic mass is 10.1. The molecule has 0 heteroatoms. The number of rotatable bonds is 2. The summed E-state index contributed by atoms with van der Waals surface area (Å²) in [5, 5.41) is 0. The van der Waals surface area contributed by atoms with Gasteiger partial charge in [-0.05, 0) is 11.8 Å². The fraction of sp³-hybridized carbons (Fsp3) is 1.00. The monoisotopic (exact) mass is 144 g/mol. The molecule has 0 aromatic heterocycles. The minimum absolute atomic E-state index is 0.833. The fourth-order valence-electron chi connectivity index (χ4n) is 0.577. The molecule has 0 unspecified atom stereocenters. The Morgan fingerprint density at radius 2 is 1.20 bits per heavy atom. The number of hydrogen-bond donors (Lipinski definition) is 0. The molecule has 0 saturated carbocycles. The molecule has 0 aliphatic rings. The van der Waals surface area contributed by atoms with E-state index in [1.807, 2.05) is 0 Å². The largest absolute Gasteiger partial charge is 0.0654 e. The standard InChI is InChI=1S/C6H14.C4H10/c1-4-5-6(2)3;1-4(2)3/h6H,4-5H2,1-3H3;4H,1-3H3. The van der Waals surface area contributed by atoms with Crippen molar-refractivity contribution in [3.8, 4) is 0 Å². The Morgan fingerprint density at radius 1 is 0.900 bits per heavy atom. The Labute approximate surface area is 67.0 Å². The van der Waals surface area contributed by atoms with Gasteiger partial charge in [0.1, 0.15) is 0 Å². The van der Waals surface area contributed by atoms with E-state index in [2.05, 4.69) is 41.5 Å². The van der Waals surface area contributed by atoms with E-state index in [4.69, 9.17) is 0 Å². The number of hydrogen-bond acceptors (Lipinski definition) is 0. The van der Waals surface area contributed by atoms with Crippen LogP contribution in [-0.2, 0) is 0 Å². The molecule has 0 amide bonds. The third-order valence-corrected chi connectivity index (χ3v) is 0.866. The maximum absolute atomic E-state index is 2.25. The topological polar surface area (TPSA) is 0 Å². The normalized spacial score (nSPS) is 9.60. The molecule has 0 rings (SSSR count). The summed E-state index contributed by atoms with van der Waals surface area (Å²) < 4.78 is 0. The predicted molar refractivity (Wildman–Crippen MR) is 50.3 cm³/mol. The zero-order chi connectivity index (χ0) is 8.57. The summed E-state index contributed by atoms with van der Waals surface area (Å²) >= 11 is 0. The third-order valence-electron chi connectivity index (χ3n) is 0.866. The predicted octanol–water partition coefficient (Wildman–Crippen LogP) is 4.10. The van der Waals surface area contributed by atoms with Crippen LogP contribution in [0.1, 0.15) is 54.4 Å². The highest BCUT2D eigenvalue weighted by atomic mass is 13.9. The van der Waals surface area contributed by atoms with Crippen LogP contribution < -0.4 is 0 Å². The van der Waals surface area contributed by atoms with E-state index in [0.29, 0.717) is 0 Å². The molecule has 0 atom stereocenters. The van der Waals surface area contributed by atoms with Crippen molar-refractivity contribution in [1.29, 1.82) is 0 Å². The van der Waals surface area contributed by atoms with Crippen molar-refractivity contribution in [2.45, 2.75) is 54.4 Å². The third kappa shape index (κ3) is 43.6. The van der Waals surface area contributed by atoms with E-state index < -0.39 is 0 Å². The highest BCUT2D eigenvalue weighted by Gasteiger charge is 1.85. The van der Waals surface area contributed by atoms with Crippen molar-refractivity contribution in [3.63, 3.8) is 0 Å². The van der Waals surface area contributed by atoms with E-state index in [1.165, 1.54) is 12.8 Å². The first-order valence-electron chi connectivity index (χ1n) is 4.50. The van der Waals surface area contributed by atoms with E-state index >= 15 is 0 Å². The smallest absolute Gasteiger partial charge is 0.0471 e. The Hall–Kier alpha value is 0. The summed E-state index contributed by atoms with van der Waals surface area (Å²) in [6.45, 7) is 13.2. The van der Waals surface area contributed by atoms with Gasteiger partial charge >= 0.3 is 0 Å². The van der Waals surface area contributed by atoms with Gasteiger partial charge in [-0.15, -0.1) is 0 Å². The van der Waals surface area contributed by atoms with Gasteiger partial charge in [-0.1, -0.05) is 54.4 Å². The van der Waals surface area contributed by atoms with Crippen molar-refractivity contribution in [1.82, 2.24) is 0 Å². The van der Waals surface area contributed by atoms with Crippen LogP contribution in [0.4, 0.5) is 0 Å². The second-order valence-corrected chi connectivity index (χ2v) is 3.91. The van der Waals surface area contributed by atoms with E-state index in [-0.39, 0.29) is 0 Å². The van der Waals surface area contributed by atoms with Crippen LogP contribution >= 0.6 is 0 Å². The first-order chi connectivity index (χ1) is 4.50. The van der Waals surface area contributed by atoms with Gasteiger partial charge < -0.3 is 0 Å². The lowest BCUT2D eigenvalue weighted by molar-refractivity contribution is 0.576. The van der Waals surface area contributed by atoms with E-state index in [9.17, 15) is 0 Å². The summed E-state index contributed by atoms with van der Waals surface area (Å²) in [5.74, 6) is 1.73. The molecule has 0 spiro atoms. The maximum atomic E-state index is 2.25. The van der Waals surface area contributed by atoms with Gasteiger partial charge in [0.15, 0.2) is 0 Å². The van der Waals surface area contributed by atoms with Crippen molar-refractivity contribution in [2.24, 2.45) is 11.8 Å². The molecule has 0 aliphatic carbocycles. The molecule has 0 aromatic carbocycles. The zero-order valence-electron chi connectivity index (χ0n) is 8.57. The molecule has 0 N–H and O–H groups in total. The second-order valence-electron chi connectivity index (χ2n) is 3.91. The highest BCUT2D eigenvalue weighted by Crippen LogP contribution is 2.00. The van der Waals surface area contributed by atoms with E-state index in [1.54, 1.807) is 0 Å². The summed E-state index contributed by atoms with van der Waals surface area (Å²) in [7, 11) is 0. The summed E-state index contributed by atoms with van der Waals surface area (Å²) in [6.07, 6.45) is 2.71. The quantitative estimate of drug-likeness (QED) is 0.547. The van der Waals surface area contributed by atoms with Crippen LogP contribution in [0.25, 0.3) is 0 Å². The van der Waals surface area contributed by atoms with Crippen LogP contribution in [-0.4, -0.2) is 0 Å². The fourth-order valence-corrected chi connectivity index (χ4v) is 0.577. The first-order valence-corrected chi connectivity index (χ1v) is 4.50. The minimum Gasteiger partial charge on any atom is -0.0654 e. The van der Waals surface area contributed by atoms with Crippen LogP contribution in [0.3, 0.4) is 0 Å². The van der Waals surface area contributed by atoms with Gasteiger partial charge in [-0.25, -0.2) is 0 Å². The average Bonchev–Trinajstić information content (AvgIpc) is 1.62. The lowest BCUT2D eigenvalue weighted by Gasteiger charge is -1.95. The van der Waals surface area contributed by atoms with Crippen molar-refractivity contribution < 1.29 is 0 Å². The Morgan fingerprint density at radius 3 is 1.20 bits per heavy atom. The molecule has 0 saturated heterocycles. The second kappa shape index (κ2) is 9.00. The van der Waals surface area contributed by atoms with Crippen molar-refractivity contribution >= 4 is 0 Å². The van der Waals surface area contributed by atoms with Gasteiger partial charge in [0, 0.05) is 0 Å². The summed E-state index contributed by atoms with van der Waals surface area (Å²) in [4.78, 5) is 0. The van der Waals surface area contributed by atoms with Crippen LogP contribution in [0.5, 0.6) is 0 Å². The molecule has 0 radical (unpaired) electrons. The molecular weight excluding hydrogens is 120 g/mol. The van der Waals surface area contributed by atoms with Crippen LogP contribution in [0.15, 0.2) is 0 Å². The Balaban J connectivity index is 0. The molecule has 0 heterocycles. The van der Waals surface area contributed by atoms with Crippen molar-refractivity contribution in [2.75, 3.05) is 0 Å². The molecule has 0 bridgehead atoms. The van der Waals surface area contributed by atoms with E-state index in [0.717, 1.165) is 11.8 Å². The Bertz CT molecular complexity index is 41.2. The molecule has 0 aromatic rings. The molecule has 0 nitrogen and oxygen atoms in total. The summed E-state index contributed by atoms with van der Waals surface area (Å²) in [6, 6.07) is 0. The molecule has 10 heavy (non-hydrogen) atoms. The average molecular weight is 144 g/mol. The van der Waals surface area contributed by atoms with Gasteiger partial charge in [0.2, 0.25) is 0 Å². The first kappa shape index (κ1) is 12.7. The molecule has 0 aliphatic heterocycles. The van der Waals surface area contributed by atoms with Crippen molar-refractivity contribution in [3.05, 3.63) is 0 Å². The van der Waals surface area contributed by atoms with Gasteiger partial charge in [0.05, 0.1) is 0 Å². The van der Waals surface area contributed by atoms with Gasteiger partial charge in [0.25, 0.3) is 0 Å². The lowest BCUT2D eigenvalue weighted by Crippen LogP contribution is -1.81. The van der Waals surface area contributed by atoms with Gasteiger partial charge in [-0.3, -0.25) is 0 Å². The molecule has 0 fully saturated rings. The SMILES string of the molecule is CC(C)C.CCCC(C)C. The zero-order valence-corrected chi connectivity index (χ0v) is 8.57.